The van der Waals surface area contributed by atoms with Gasteiger partial charge in [0.2, 0.25) is 0 Å². The first-order valence-electron chi connectivity index (χ1n) is 5.07. The first-order valence-corrected chi connectivity index (χ1v) is 5.07. The average Bonchev–Trinajstić information content (AvgIpc) is 2.09. The molecule has 1 fully saturated rings. The predicted molar refractivity (Wildman–Crippen MR) is 56.2 cm³/mol. The van der Waals surface area contributed by atoms with Crippen molar-refractivity contribution in [3.8, 4) is 0 Å². The van der Waals surface area contributed by atoms with E-state index in [0.717, 1.165) is 19.6 Å². The topological polar surface area (TPSA) is 41.0 Å². The van der Waals surface area contributed by atoms with Crippen molar-refractivity contribution in [2.24, 2.45) is 5.92 Å². The van der Waals surface area contributed by atoms with Gasteiger partial charge < -0.3 is 10.2 Å². The second kappa shape index (κ2) is 4.10. The molecule has 4 nitrogen and oxygen atoms in total. The largest absolute Gasteiger partial charge is 0.369 e. The third-order valence-electron chi connectivity index (χ3n) is 2.54. The average molecular weight is 210 g/mol. The number of hydrogen-bond acceptors (Lipinski definition) is 4. The van der Waals surface area contributed by atoms with Crippen molar-refractivity contribution in [1.82, 2.24) is 14.9 Å². The van der Waals surface area contributed by atoms with Gasteiger partial charge >= 0.3 is 6.08 Å². The molecule has 1 aliphatic rings. The second-order valence-electron chi connectivity index (χ2n) is 4.13. The number of hydrogen-bond donors (Lipinski definition) is 1. The maximum Gasteiger partial charge on any atom is 0.310 e. The summed E-state index contributed by atoms with van der Waals surface area (Å²) < 4.78 is 12.8. The van der Waals surface area contributed by atoms with Crippen molar-refractivity contribution in [2.45, 2.75) is 6.92 Å². The van der Waals surface area contributed by atoms with Crippen LogP contribution in [-0.2, 0) is 0 Å². The molecule has 0 spiro atoms. The summed E-state index contributed by atoms with van der Waals surface area (Å²) in [4.78, 5) is 9.51. The molecule has 0 radical (unpaired) electrons. The molecule has 15 heavy (non-hydrogen) atoms. The van der Waals surface area contributed by atoms with Crippen LogP contribution in [-0.4, -0.2) is 41.5 Å². The van der Waals surface area contributed by atoms with E-state index in [0.29, 0.717) is 17.4 Å². The van der Waals surface area contributed by atoms with Gasteiger partial charge in [-0.05, 0) is 14.0 Å². The third kappa shape index (κ3) is 2.62. The van der Waals surface area contributed by atoms with E-state index < -0.39 is 6.08 Å². The van der Waals surface area contributed by atoms with Crippen molar-refractivity contribution in [3.63, 3.8) is 0 Å². The van der Waals surface area contributed by atoms with Gasteiger partial charge in [0.05, 0.1) is 0 Å². The molecule has 5 heteroatoms. The summed E-state index contributed by atoms with van der Waals surface area (Å²) in [7, 11) is 2.09. The molecule has 2 heterocycles. The highest BCUT2D eigenvalue weighted by Crippen LogP contribution is 2.13. The van der Waals surface area contributed by atoms with E-state index in [9.17, 15) is 4.39 Å². The van der Waals surface area contributed by atoms with E-state index in [-0.39, 0.29) is 0 Å². The Morgan fingerprint density at radius 1 is 1.53 bits per heavy atom. The van der Waals surface area contributed by atoms with Crippen molar-refractivity contribution < 1.29 is 4.39 Å². The molecule has 1 aliphatic heterocycles. The number of aryl methyl sites for hydroxylation is 1. The minimum absolute atomic E-state index is 0.578. The number of halogens is 1. The highest BCUT2D eigenvalue weighted by atomic mass is 19.1. The Morgan fingerprint density at radius 3 is 2.87 bits per heavy atom. The summed E-state index contributed by atoms with van der Waals surface area (Å²) in [6, 6.07) is 1.76. The Balaban J connectivity index is 1.88. The lowest BCUT2D eigenvalue weighted by molar-refractivity contribution is 0.144. The summed E-state index contributed by atoms with van der Waals surface area (Å²) in [6.45, 7) is 4.80. The van der Waals surface area contributed by atoms with Crippen LogP contribution in [0, 0.1) is 18.9 Å². The van der Waals surface area contributed by atoms with Crippen LogP contribution in [0.25, 0.3) is 0 Å². The van der Waals surface area contributed by atoms with Crippen LogP contribution in [0.1, 0.15) is 5.69 Å². The summed E-state index contributed by atoms with van der Waals surface area (Å²) in [5, 5.41) is 3.13. The van der Waals surface area contributed by atoms with Crippen molar-refractivity contribution >= 4 is 5.82 Å². The molecule has 0 atom stereocenters. The molecule has 82 valence electrons. The minimum Gasteiger partial charge on any atom is -0.369 e. The maximum atomic E-state index is 12.8. The number of aromatic nitrogens is 2. The summed E-state index contributed by atoms with van der Waals surface area (Å²) in [5.74, 6) is 1.22. The molecule has 1 aromatic heterocycles. The second-order valence-corrected chi connectivity index (χ2v) is 4.13. The van der Waals surface area contributed by atoms with E-state index in [1.165, 1.54) is 0 Å². The molecule has 0 bridgehead atoms. The molecular weight excluding hydrogens is 195 g/mol. The van der Waals surface area contributed by atoms with Gasteiger partial charge in [-0.2, -0.15) is 9.37 Å². The molecular formula is C10H15FN4. The van der Waals surface area contributed by atoms with Gasteiger partial charge in [-0.1, -0.05) is 0 Å². The zero-order valence-electron chi connectivity index (χ0n) is 9.00. The number of likely N-dealkylation sites (tertiary alicyclic amines) is 1. The fourth-order valence-corrected chi connectivity index (χ4v) is 1.83. The third-order valence-corrected chi connectivity index (χ3v) is 2.54. The van der Waals surface area contributed by atoms with Gasteiger partial charge in [-0.15, -0.1) is 0 Å². The smallest absolute Gasteiger partial charge is 0.310 e. The highest BCUT2D eigenvalue weighted by Gasteiger charge is 2.22. The minimum atomic E-state index is -0.664. The zero-order valence-corrected chi connectivity index (χ0v) is 9.00. The van der Waals surface area contributed by atoms with Gasteiger partial charge in [0.15, 0.2) is 0 Å². The Kier molecular flexibility index (Phi) is 2.81. The van der Waals surface area contributed by atoms with Crippen molar-refractivity contribution in [2.75, 3.05) is 32.0 Å². The molecule has 0 aromatic carbocycles. The Hall–Kier alpha value is -1.23. The van der Waals surface area contributed by atoms with E-state index in [4.69, 9.17) is 0 Å². The first-order chi connectivity index (χ1) is 7.13. The SMILES string of the molecule is Cc1cc(NCC2CN(C)C2)nc(F)n1. The van der Waals surface area contributed by atoms with Gasteiger partial charge in [-0.25, -0.2) is 4.98 Å². The standard InChI is InChI=1S/C10H15FN4/c1-7-3-9(14-10(11)13-7)12-4-8-5-15(2)6-8/h3,8H,4-6H2,1-2H3,(H,12,13,14). The molecule has 1 N–H and O–H groups in total. The van der Waals surface area contributed by atoms with E-state index >= 15 is 0 Å². The van der Waals surface area contributed by atoms with Gasteiger partial charge in [0, 0.05) is 37.3 Å². The maximum absolute atomic E-state index is 12.8. The van der Waals surface area contributed by atoms with Crippen LogP contribution in [0.4, 0.5) is 10.2 Å². The van der Waals surface area contributed by atoms with Crippen LogP contribution in [0.2, 0.25) is 0 Å². The number of nitrogens with one attached hydrogen (secondary N) is 1. The monoisotopic (exact) mass is 210 g/mol. The molecule has 1 saturated heterocycles. The lowest BCUT2D eigenvalue weighted by Crippen LogP contribution is -2.46. The fourth-order valence-electron chi connectivity index (χ4n) is 1.83. The summed E-state index contributed by atoms with van der Waals surface area (Å²) in [6.07, 6.45) is -0.664. The van der Waals surface area contributed by atoms with E-state index in [1.54, 1.807) is 13.0 Å². The summed E-state index contributed by atoms with van der Waals surface area (Å²) >= 11 is 0. The van der Waals surface area contributed by atoms with Gasteiger partial charge in [0.1, 0.15) is 5.82 Å². The molecule has 0 saturated carbocycles. The lowest BCUT2D eigenvalue weighted by Gasteiger charge is -2.36. The molecule has 0 unspecified atom stereocenters. The predicted octanol–water partition coefficient (Wildman–Crippen LogP) is 0.898. The van der Waals surface area contributed by atoms with Crippen LogP contribution in [0.5, 0.6) is 0 Å². The molecule has 0 aliphatic carbocycles. The first kappa shape index (κ1) is 10.3. The molecule has 0 amide bonds. The normalized spacial score (nSPS) is 17.5. The van der Waals surface area contributed by atoms with Gasteiger partial charge in [0.25, 0.3) is 0 Å². The van der Waals surface area contributed by atoms with Crippen molar-refractivity contribution in [1.29, 1.82) is 0 Å². The summed E-state index contributed by atoms with van der Waals surface area (Å²) in [5.41, 5.74) is 0.649. The Morgan fingerprint density at radius 2 is 2.27 bits per heavy atom. The van der Waals surface area contributed by atoms with E-state index in [2.05, 4.69) is 27.2 Å². The number of anilines is 1. The number of rotatable bonds is 3. The highest BCUT2D eigenvalue weighted by molar-refractivity contribution is 5.34. The van der Waals surface area contributed by atoms with E-state index in [1.807, 2.05) is 0 Å². The van der Waals surface area contributed by atoms with Crippen LogP contribution < -0.4 is 5.32 Å². The van der Waals surface area contributed by atoms with Gasteiger partial charge in [-0.3, -0.25) is 0 Å². The van der Waals surface area contributed by atoms with Crippen LogP contribution in [0.15, 0.2) is 6.07 Å². The molecule has 2 rings (SSSR count). The Bertz CT molecular complexity index is 329. The lowest BCUT2D eigenvalue weighted by atomic mass is 10.0. The van der Waals surface area contributed by atoms with Crippen LogP contribution >= 0.6 is 0 Å². The van der Waals surface area contributed by atoms with Crippen molar-refractivity contribution in [3.05, 3.63) is 17.8 Å². The quantitative estimate of drug-likeness (QED) is 0.752. The zero-order chi connectivity index (χ0) is 10.8. The number of nitrogens with zero attached hydrogens (tertiary/aromatic N) is 3. The molecule has 1 aromatic rings. The Labute approximate surface area is 88.5 Å². The van der Waals surface area contributed by atoms with Crippen LogP contribution in [0.3, 0.4) is 0 Å². The fraction of sp³-hybridized carbons (Fsp3) is 0.600.